The number of rotatable bonds is 5. The van der Waals surface area contributed by atoms with Crippen molar-refractivity contribution in [3.63, 3.8) is 0 Å². The quantitative estimate of drug-likeness (QED) is 0.417. The monoisotopic (exact) mass is 361 g/mol. The second-order valence-corrected chi connectivity index (χ2v) is 6.20. The van der Waals surface area contributed by atoms with Crippen molar-refractivity contribution in [3.05, 3.63) is 89.4 Å². The minimum Gasteiger partial charge on any atom is -0.278 e. The highest BCUT2D eigenvalue weighted by Crippen LogP contribution is 2.13. The van der Waals surface area contributed by atoms with Gasteiger partial charge in [0.1, 0.15) is 17.6 Å². The summed E-state index contributed by atoms with van der Waals surface area (Å²) in [4.78, 5) is 1.66. The van der Waals surface area contributed by atoms with E-state index >= 15 is 0 Å². The van der Waals surface area contributed by atoms with Gasteiger partial charge in [-0.15, -0.1) is 0 Å². The molecule has 0 spiro atoms. The van der Waals surface area contributed by atoms with Crippen molar-refractivity contribution in [2.45, 2.75) is 6.54 Å². The predicted molar refractivity (Wildman–Crippen MR) is 106 cm³/mol. The lowest BCUT2D eigenvalue weighted by atomic mass is 10.1. The van der Waals surface area contributed by atoms with E-state index in [2.05, 4.69) is 20.7 Å². The minimum atomic E-state index is 0.441. The Morgan fingerprint density at radius 2 is 1.46 bits per heavy atom. The van der Waals surface area contributed by atoms with Gasteiger partial charge in [0.25, 0.3) is 0 Å². The number of hydrogen-bond donors (Lipinski definition) is 1. The van der Waals surface area contributed by atoms with Crippen molar-refractivity contribution in [1.82, 2.24) is 15.0 Å². The SMILES string of the molecule is Clc1ccc(/C(Cn2nc3ccccc3n2)=N\Nc2ccccc2)cc1. The van der Waals surface area contributed by atoms with Gasteiger partial charge >= 0.3 is 0 Å². The zero-order valence-corrected chi connectivity index (χ0v) is 14.6. The zero-order chi connectivity index (χ0) is 17.8. The molecule has 26 heavy (non-hydrogen) atoms. The van der Waals surface area contributed by atoms with Crippen LogP contribution in [0.2, 0.25) is 5.02 Å². The third-order valence-electron chi connectivity index (χ3n) is 3.89. The molecule has 1 aromatic heterocycles. The molecule has 1 heterocycles. The van der Waals surface area contributed by atoms with Gasteiger partial charge in [-0.05, 0) is 42.0 Å². The van der Waals surface area contributed by atoms with Crippen LogP contribution in [-0.2, 0) is 6.54 Å². The predicted octanol–water partition coefficient (Wildman–Crippen LogP) is 4.60. The first-order chi connectivity index (χ1) is 12.8. The fraction of sp³-hybridized carbons (Fsp3) is 0.0500. The Balaban J connectivity index is 1.66. The van der Waals surface area contributed by atoms with Crippen LogP contribution in [0.4, 0.5) is 5.69 Å². The number of anilines is 1. The lowest BCUT2D eigenvalue weighted by Gasteiger charge is -2.08. The molecule has 0 radical (unpaired) electrons. The number of nitrogens with zero attached hydrogens (tertiary/aromatic N) is 4. The molecule has 128 valence electrons. The Kier molecular flexibility index (Phi) is 4.62. The molecule has 4 rings (SSSR count). The number of halogens is 1. The van der Waals surface area contributed by atoms with Crippen molar-refractivity contribution in [3.8, 4) is 0 Å². The normalized spacial score (nSPS) is 11.7. The maximum Gasteiger partial charge on any atom is 0.113 e. The summed E-state index contributed by atoms with van der Waals surface area (Å²) in [7, 11) is 0. The van der Waals surface area contributed by atoms with Crippen molar-refractivity contribution in [2.24, 2.45) is 5.10 Å². The number of hydrogen-bond acceptors (Lipinski definition) is 4. The molecule has 0 atom stereocenters. The molecule has 0 saturated heterocycles. The molecular formula is C20H16ClN5. The summed E-state index contributed by atoms with van der Waals surface area (Å²) < 4.78 is 0. The van der Waals surface area contributed by atoms with Crippen LogP contribution in [0.1, 0.15) is 5.56 Å². The van der Waals surface area contributed by atoms with Gasteiger partial charge in [0.15, 0.2) is 0 Å². The highest BCUT2D eigenvalue weighted by Gasteiger charge is 2.09. The smallest absolute Gasteiger partial charge is 0.113 e. The average Bonchev–Trinajstić information content (AvgIpc) is 3.09. The third kappa shape index (κ3) is 3.73. The lowest BCUT2D eigenvalue weighted by molar-refractivity contribution is 0.629. The molecule has 3 aromatic carbocycles. The molecule has 6 heteroatoms. The molecule has 1 N–H and O–H groups in total. The summed E-state index contributed by atoms with van der Waals surface area (Å²) in [6, 6.07) is 25.2. The molecule has 0 fully saturated rings. The van der Waals surface area contributed by atoms with E-state index in [1.165, 1.54) is 0 Å². The summed E-state index contributed by atoms with van der Waals surface area (Å²) in [5, 5.41) is 14.3. The van der Waals surface area contributed by atoms with Crippen LogP contribution in [0.25, 0.3) is 11.0 Å². The summed E-state index contributed by atoms with van der Waals surface area (Å²) >= 11 is 6.02. The van der Waals surface area contributed by atoms with Crippen molar-refractivity contribution < 1.29 is 0 Å². The Morgan fingerprint density at radius 3 is 2.12 bits per heavy atom. The molecule has 5 nitrogen and oxygen atoms in total. The van der Waals surface area contributed by atoms with Crippen LogP contribution in [0, 0.1) is 0 Å². The van der Waals surface area contributed by atoms with Gasteiger partial charge in [-0.2, -0.15) is 20.1 Å². The molecule has 0 aliphatic rings. The first-order valence-electron chi connectivity index (χ1n) is 8.21. The molecule has 4 aromatic rings. The molecule has 0 aliphatic carbocycles. The Hall–Kier alpha value is -3.18. The molecule has 0 saturated carbocycles. The highest BCUT2D eigenvalue weighted by molar-refractivity contribution is 6.30. The van der Waals surface area contributed by atoms with E-state index in [9.17, 15) is 0 Å². The molecule has 0 bridgehead atoms. The molecule has 0 aliphatic heterocycles. The first-order valence-corrected chi connectivity index (χ1v) is 8.59. The van der Waals surface area contributed by atoms with Gasteiger partial charge < -0.3 is 0 Å². The summed E-state index contributed by atoms with van der Waals surface area (Å²) in [5.74, 6) is 0. The van der Waals surface area contributed by atoms with Crippen LogP contribution in [0.15, 0.2) is 84.0 Å². The van der Waals surface area contributed by atoms with Gasteiger partial charge in [-0.3, -0.25) is 5.43 Å². The summed E-state index contributed by atoms with van der Waals surface area (Å²) in [6.45, 7) is 0.441. The summed E-state index contributed by atoms with van der Waals surface area (Å²) in [6.07, 6.45) is 0. The number of hydrazone groups is 1. The van der Waals surface area contributed by atoms with Crippen molar-refractivity contribution in [2.75, 3.05) is 5.43 Å². The van der Waals surface area contributed by atoms with E-state index in [0.717, 1.165) is 28.0 Å². The van der Waals surface area contributed by atoms with Crippen molar-refractivity contribution in [1.29, 1.82) is 0 Å². The second kappa shape index (κ2) is 7.37. The zero-order valence-electron chi connectivity index (χ0n) is 13.9. The Labute approximate surface area is 155 Å². The fourth-order valence-corrected chi connectivity index (χ4v) is 2.71. The molecular weight excluding hydrogens is 346 g/mol. The van der Waals surface area contributed by atoms with E-state index in [-0.39, 0.29) is 0 Å². The lowest BCUT2D eigenvalue weighted by Crippen LogP contribution is -2.15. The summed E-state index contributed by atoms with van der Waals surface area (Å²) in [5.41, 5.74) is 7.50. The third-order valence-corrected chi connectivity index (χ3v) is 4.14. The van der Waals surface area contributed by atoms with Gasteiger partial charge in [0.2, 0.25) is 0 Å². The molecule has 0 unspecified atom stereocenters. The Bertz CT molecular complexity index is 1010. The first kappa shape index (κ1) is 16.3. The number of fused-ring (bicyclic) bond motifs is 1. The van der Waals surface area contributed by atoms with E-state index < -0.39 is 0 Å². The van der Waals surface area contributed by atoms with Crippen LogP contribution in [-0.4, -0.2) is 20.7 Å². The minimum absolute atomic E-state index is 0.441. The molecule has 0 amide bonds. The number of aromatic nitrogens is 3. The second-order valence-electron chi connectivity index (χ2n) is 5.76. The number of nitrogens with one attached hydrogen (secondary N) is 1. The topological polar surface area (TPSA) is 55.1 Å². The van der Waals surface area contributed by atoms with Crippen LogP contribution < -0.4 is 5.43 Å². The van der Waals surface area contributed by atoms with Gasteiger partial charge in [0, 0.05) is 5.02 Å². The van der Waals surface area contributed by atoms with E-state index in [4.69, 9.17) is 11.6 Å². The maximum absolute atomic E-state index is 6.02. The van der Waals surface area contributed by atoms with E-state index in [0.29, 0.717) is 11.6 Å². The standard InChI is InChI=1S/C20H16ClN5/c21-16-12-10-15(11-13-16)20(23-22-17-6-2-1-3-7-17)14-26-24-18-8-4-5-9-19(18)25-26/h1-13,22H,14H2/b23-20-. The maximum atomic E-state index is 6.02. The van der Waals surface area contributed by atoms with Gasteiger partial charge in [0.05, 0.1) is 11.4 Å². The highest BCUT2D eigenvalue weighted by atomic mass is 35.5. The number of benzene rings is 3. The number of para-hydroxylation sites is 1. The van der Waals surface area contributed by atoms with E-state index in [1.807, 2.05) is 78.9 Å². The van der Waals surface area contributed by atoms with E-state index in [1.54, 1.807) is 4.80 Å². The van der Waals surface area contributed by atoms with Crippen LogP contribution in [0.5, 0.6) is 0 Å². The van der Waals surface area contributed by atoms with Crippen LogP contribution >= 0.6 is 11.6 Å². The average molecular weight is 362 g/mol. The van der Waals surface area contributed by atoms with Gasteiger partial charge in [-0.1, -0.05) is 54.1 Å². The fourth-order valence-electron chi connectivity index (χ4n) is 2.59. The van der Waals surface area contributed by atoms with Crippen LogP contribution in [0.3, 0.4) is 0 Å². The van der Waals surface area contributed by atoms with Crippen molar-refractivity contribution >= 4 is 34.0 Å². The Morgan fingerprint density at radius 1 is 0.846 bits per heavy atom. The van der Waals surface area contributed by atoms with Gasteiger partial charge in [-0.25, -0.2) is 0 Å². The largest absolute Gasteiger partial charge is 0.278 e.